The molecule has 3 aromatic carbocycles. The van der Waals surface area contributed by atoms with Crippen molar-refractivity contribution in [3.05, 3.63) is 89.7 Å². The van der Waals surface area contributed by atoms with Crippen LogP contribution >= 0.6 is 11.8 Å². The summed E-state index contributed by atoms with van der Waals surface area (Å²) >= 11 is 1.36. The van der Waals surface area contributed by atoms with Gasteiger partial charge < -0.3 is 15.0 Å². The summed E-state index contributed by atoms with van der Waals surface area (Å²) in [6.45, 7) is 4.55. The maximum absolute atomic E-state index is 15.0. The molecular weight excluding hydrogens is 591 g/mol. The van der Waals surface area contributed by atoms with Gasteiger partial charge in [-0.3, -0.25) is 0 Å². The number of urea groups is 1. The Kier molecular flexibility index (Phi) is 8.67. The first-order chi connectivity index (χ1) is 20.5. The second-order valence-electron chi connectivity index (χ2n) is 9.56. The molecule has 224 valence electrons. The summed E-state index contributed by atoms with van der Waals surface area (Å²) in [6, 6.07) is 15.6. The highest BCUT2D eigenvalue weighted by atomic mass is 32.2. The van der Waals surface area contributed by atoms with E-state index in [-0.39, 0.29) is 17.1 Å². The van der Waals surface area contributed by atoms with E-state index in [0.717, 1.165) is 28.9 Å². The van der Waals surface area contributed by atoms with Gasteiger partial charge in [-0.2, -0.15) is 4.99 Å². The Hall–Kier alpha value is -4.46. The molecule has 0 bridgehead atoms. The molecule has 14 heteroatoms. The van der Waals surface area contributed by atoms with Gasteiger partial charge in [-0.15, -0.1) is 18.3 Å². The first-order valence-corrected chi connectivity index (χ1v) is 14.0. The van der Waals surface area contributed by atoms with E-state index in [1.54, 1.807) is 0 Å². The second kappa shape index (κ2) is 12.4. The smallest absolute Gasteiger partial charge is 0.406 e. The van der Waals surface area contributed by atoms with Crippen LogP contribution in [0, 0.1) is 13.8 Å². The van der Waals surface area contributed by atoms with Crippen LogP contribution in [0.5, 0.6) is 5.75 Å². The Morgan fingerprint density at radius 1 is 1.02 bits per heavy atom. The summed E-state index contributed by atoms with van der Waals surface area (Å²) < 4.78 is 72.1. The number of nitrogens with one attached hydrogen (secondary N) is 1. The number of hydrogen-bond donors (Lipinski definition) is 1. The third-order valence-corrected chi connectivity index (χ3v) is 7.47. The fourth-order valence-corrected chi connectivity index (χ4v) is 5.49. The number of nitrogens with zero attached hydrogens (tertiary/aromatic N) is 5. The maximum Gasteiger partial charge on any atom is 0.573 e. The first-order valence-electron chi connectivity index (χ1n) is 13.0. The summed E-state index contributed by atoms with van der Waals surface area (Å²) in [4.78, 5) is 22.6. The quantitative estimate of drug-likeness (QED) is 0.177. The summed E-state index contributed by atoms with van der Waals surface area (Å²) in [6.07, 6.45) is -7.94. The number of carbonyl (C=O) groups is 1. The Morgan fingerprint density at radius 3 is 2.35 bits per heavy atom. The summed E-state index contributed by atoms with van der Waals surface area (Å²) in [5.74, 6) is 0.577. The van der Waals surface area contributed by atoms with Crippen LogP contribution in [0.1, 0.15) is 22.9 Å². The van der Waals surface area contributed by atoms with Gasteiger partial charge in [0.15, 0.2) is 17.2 Å². The van der Waals surface area contributed by atoms with Gasteiger partial charge in [0.25, 0.3) is 0 Å². The van der Waals surface area contributed by atoms with Gasteiger partial charge in [0.2, 0.25) is 6.30 Å². The third-order valence-electron chi connectivity index (χ3n) is 6.52. The van der Waals surface area contributed by atoms with Crippen molar-refractivity contribution in [1.29, 1.82) is 0 Å². The Labute approximate surface area is 247 Å². The van der Waals surface area contributed by atoms with Crippen molar-refractivity contribution in [1.82, 2.24) is 20.1 Å². The Morgan fingerprint density at radius 2 is 1.70 bits per heavy atom. The molecule has 1 aromatic heterocycles. The van der Waals surface area contributed by atoms with E-state index in [0.29, 0.717) is 28.7 Å². The summed E-state index contributed by atoms with van der Waals surface area (Å²) in [5, 5.41) is 6.69. The molecule has 1 aliphatic rings. The van der Waals surface area contributed by atoms with E-state index >= 15 is 0 Å². The summed E-state index contributed by atoms with van der Waals surface area (Å²) in [5.41, 5.74) is 3.87. The van der Waals surface area contributed by atoms with Crippen molar-refractivity contribution in [3.63, 3.8) is 0 Å². The van der Waals surface area contributed by atoms with Crippen molar-refractivity contribution < 1.29 is 31.5 Å². The van der Waals surface area contributed by atoms with Crippen molar-refractivity contribution in [2.24, 2.45) is 4.99 Å². The largest absolute Gasteiger partial charge is 0.573 e. The van der Waals surface area contributed by atoms with Crippen LogP contribution in [-0.4, -0.2) is 50.9 Å². The molecule has 4 aromatic rings. The van der Waals surface area contributed by atoms with Gasteiger partial charge >= 0.3 is 12.4 Å². The highest BCUT2D eigenvalue weighted by molar-refractivity contribution is 8.14. The number of ether oxygens (including phenoxy) is 1. The number of aromatic nitrogens is 3. The lowest BCUT2D eigenvalue weighted by Crippen LogP contribution is -2.34. The monoisotopic (exact) mass is 616 g/mol. The number of benzene rings is 3. The number of amides is 2. The van der Waals surface area contributed by atoms with Gasteiger partial charge in [-0.05, 0) is 54.8 Å². The molecule has 43 heavy (non-hydrogen) atoms. The van der Waals surface area contributed by atoms with E-state index < -0.39 is 24.9 Å². The van der Waals surface area contributed by atoms with Gasteiger partial charge in [-0.1, -0.05) is 54.2 Å². The zero-order chi connectivity index (χ0) is 30.7. The van der Waals surface area contributed by atoms with Gasteiger partial charge in [0, 0.05) is 23.5 Å². The number of rotatable bonds is 7. The molecule has 2 unspecified atom stereocenters. The molecule has 2 amide bonds. The number of alkyl halides is 5. The number of aliphatic imine (C=N–C) groups is 1. The molecular formula is C29H25F5N6O2S. The van der Waals surface area contributed by atoms with E-state index in [1.165, 1.54) is 59.2 Å². The van der Waals surface area contributed by atoms with Crippen LogP contribution in [0.4, 0.5) is 32.4 Å². The lowest BCUT2D eigenvalue weighted by Gasteiger charge is -2.22. The summed E-state index contributed by atoms with van der Waals surface area (Å²) in [7, 11) is 0. The molecule has 5 rings (SSSR count). The number of carbonyl (C=O) groups excluding carboxylic acids is 1. The standard InChI is InChI=1S/C29H25F5N6O2S/c1-17-4-3-5-18(2)24(17)39-14-15-43-28(39)37-27(41)36-25(31)23(30)19-6-8-20(9-7-19)26-35-16-40(38-26)21-10-12-22(13-11-21)42-29(32,33)34/h3-13,16,23,25H,14-15H2,1-2H3,(H,36,41)/b37-28-. The number of aryl methyl sites for hydroxylation is 2. The maximum atomic E-state index is 15.0. The molecule has 1 fully saturated rings. The normalized spacial score (nSPS) is 15.9. The molecule has 1 N–H and O–H groups in total. The minimum Gasteiger partial charge on any atom is -0.406 e. The van der Waals surface area contributed by atoms with E-state index in [1.807, 2.05) is 42.3 Å². The molecule has 0 saturated carbocycles. The van der Waals surface area contributed by atoms with Crippen LogP contribution in [0.25, 0.3) is 17.1 Å². The average Bonchev–Trinajstić information content (AvgIpc) is 3.63. The van der Waals surface area contributed by atoms with Crippen molar-refractivity contribution in [3.8, 4) is 22.8 Å². The third kappa shape index (κ3) is 7.13. The molecule has 1 saturated heterocycles. The van der Waals surface area contributed by atoms with Crippen LogP contribution in [0.15, 0.2) is 78.0 Å². The highest BCUT2D eigenvalue weighted by Gasteiger charge is 2.31. The topological polar surface area (TPSA) is 84.6 Å². The lowest BCUT2D eigenvalue weighted by atomic mass is 10.1. The zero-order valence-electron chi connectivity index (χ0n) is 22.8. The van der Waals surface area contributed by atoms with E-state index in [9.17, 15) is 26.7 Å². The Balaban J connectivity index is 1.21. The predicted octanol–water partition coefficient (Wildman–Crippen LogP) is 7.07. The Bertz CT molecular complexity index is 1610. The number of para-hydroxylation sites is 1. The first kappa shape index (κ1) is 30.0. The minimum absolute atomic E-state index is 0.0173. The SMILES string of the molecule is Cc1cccc(C)c1N1CCS/C1=N\C(=O)NC(F)C(F)c1ccc(-c2ncn(-c3ccc(OC(F)(F)F)cc3)n2)cc1. The fourth-order valence-electron chi connectivity index (χ4n) is 4.55. The van der Waals surface area contributed by atoms with Gasteiger partial charge in [0.1, 0.15) is 12.1 Å². The number of hydrogen-bond acceptors (Lipinski definition) is 5. The molecule has 8 nitrogen and oxygen atoms in total. The van der Waals surface area contributed by atoms with Crippen molar-refractivity contribution >= 4 is 28.6 Å². The van der Waals surface area contributed by atoms with E-state index in [2.05, 4.69) is 19.8 Å². The molecule has 0 aliphatic carbocycles. The minimum atomic E-state index is -4.80. The van der Waals surface area contributed by atoms with Gasteiger partial charge in [-0.25, -0.2) is 23.2 Å². The predicted molar refractivity (Wildman–Crippen MR) is 154 cm³/mol. The molecule has 2 heterocycles. The molecule has 2 atom stereocenters. The number of halogens is 5. The second-order valence-corrected chi connectivity index (χ2v) is 10.6. The lowest BCUT2D eigenvalue weighted by molar-refractivity contribution is -0.274. The highest BCUT2D eigenvalue weighted by Crippen LogP contribution is 2.32. The van der Waals surface area contributed by atoms with E-state index in [4.69, 9.17) is 0 Å². The molecule has 0 spiro atoms. The average molecular weight is 617 g/mol. The van der Waals surface area contributed by atoms with Crippen LogP contribution in [0.2, 0.25) is 0 Å². The van der Waals surface area contributed by atoms with Gasteiger partial charge in [0.05, 0.1) is 5.69 Å². The fraction of sp³-hybridized carbons (Fsp3) is 0.241. The zero-order valence-corrected chi connectivity index (χ0v) is 23.7. The molecule has 1 aliphatic heterocycles. The van der Waals surface area contributed by atoms with Crippen molar-refractivity contribution in [2.75, 3.05) is 17.2 Å². The van der Waals surface area contributed by atoms with Crippen LogP contribution in [0.3, 0.4) is 0 Å². The van der Waals surface area contributed by atoms with Crippen LogP contribution < -0.4 is 15.0 Å². The molecule has 0 radical (unpaired) electrons. The number of thioether (sulfide) groups is 1. The number of anilines is 1. The van der Waals surface area contributed by atoms with Crippen molar-refractivity contribution in [2.45, 2.75) is 32.7 Å². The number of amidine groups is 1. The van der Waals surface area contributed by atoms with Crippen LogP contribution in [-0.2, 0) is 0 Å².